The number of aryl methyl sites for hydroxylation is 1. The summed E-state index contributed by atoms with van der Waals surface area (Å²) in [5.41, 5.74) is 16.9. The van der Waals surface area contributed by atoms with Crippen molar-refractivity contribution < 1.29 is 46.4 Å². The minimum absolute atomic E-state index is 0.00805. The van der Waals surface area contributed by atoms with Crippen molar-refractivity contribution in [1.29, 1.82) is 0 Å². The molecule has 4 aromatic carbocycles. The van der Waals surface area contributed by atoms with Crippen LogP contribution in [0.15, 0.2) is 135 Å². The molecule has 6 heterocycles. The summed E-state index contributed by atoms with van der Waals surface area (Å²) in [6.07, 6.45) is 8.15. The molecular formula is C56H66N11O10P2S+. The predicted molar refractivity (Wildman–Crippen MR) is 306 cm³/mol. The third-order valence-corrected chi connectivity index (χ3v) is 16.9. The van der Waals surface area contributed by atoms with Gasteiger partial charge < -0.3 is 30.4 Å². The summed E-state index contributed by atoms with van der Waals surface area (Å²) in [4.78, 5) is 39.0. The summed E-state index contributed by atoms with van der Waals surface area (Å²) >= 11 is 1.11. The molecule has 2 saturated heterocycles. The summed E-state index contributed by atoms with van der Waals surface area (Å²) in [7, 11) is -3.81. The van der Waals surface area contributed by atoms with Gasteiger partial charge in [-0.15, -0.1) is 4.52 Å². The van der Waals surface area contributed by atoms with Gasteiger partial charge in [-0.1, -0.05) is 114 Å². The molecule has 24 heteroatoms. The molecule has 21 nitrogen and oxygen atoms in total. The Morgan fingerprint density at radius 3 is 1.84 bits per heavy atom. The van der Waals surface area contributed by atoms with Crippen molar-refractivity contribution in [2.45, 2.75) is 83.3 Å². The molecule has 7 atom stereocenters. The number of imidazole rings is 2. The number of fused-ring (bicyclic) bond motifs is 2. The van der Waals surface area contributed by atoms with Gasteiger partial charge in [-0.05, 0) is 85.4 Å². The van der Waals surface area contributed by atoms with Crippen LogP contribution in [-0.4, -0.2) is 102 Å². The largest absolute Gasteiger partial charge is 0.504 e. The number of rotatable bonds is 23. The van der Waals surface area contributed by atoms with Gasteiger partial charge >= 0.3 is 15.8 Å². The number of aromatic nitrogens is 8. The number of nitrogens with two attached hydrogens (primary N) is 2. The Labute approximate surface area is 469 Å². The Bertz CT molecular complexity index is 3400. The average molecular weight is 1150 g/mol. The lowest BCUT2D eigenvalue weighted by molar-refractivity contribution is -0.124. The highest BCUT2D eigenvalue weighted by molar-refractivity contribution is 8.13. The van der Waals surface area contributed by atoms with Gasteiger partial charge in [-0.2, -0.15) is 0 Å². The molecule has 80 heavy (non-hydrogen) atoms. The third kappa shape index (κ3) is 13.9. The highest BCUT2D eigenvalue weighted by Crippen LogP contribution is 2.47. The van der Waals surface area contributed by atoms with Crippen molar-refractivity contribution >= 4 is 66.6 Å². The van der Waals surface area contributed by atoms with Crippen LogP contribution in [0.25, 0.3) is 22.3 Å². The Hall–Kier alpha value is -6.55. The number of nitrogens with one attached hydrogen (secondary N) is 1. The zero-order valence-corrected chi connectivity index (χ0v) is 47.8. The minimum atomic E-state index is -3.85. The highest BCUT2D eigenvalue weighted by Gasteiger charge is 2.41. The first-order chi connectivity index (χ1) is 38.6. The van der Waals surface area contributed by atoms with Gasteiger partial charge in [0.1, 0.15) is 54.1 Å². The number of anilines is 2. The second-order valence-electron chi connectivity index (χ2n) is 19.9. The highest BCUT2D eigenvalue weighted by atomic mass is 32.2. The molecule has 0 radical (unpaired) electrons. The van der Waals surface area contributed by atoms with Crippen molar-refractivity contribution in [3.8, 4) is 5.75 Å². The first kappa shape index (κ1) is 58.1. The van der Waals surface area contributed by atoms with Crippen LogP contribution in [0, 0.1) is 12.3 Å². The number of thioether (sulfide) groups is 1. The Balaban J connectivity index is 0.000000323. The van der Waals surface area contributed by atoms with E-state index in [0.29, 0.717) is 53.4 Å². The molecule has 3 unspecified atom stereocenters. The van der Waals surface area contributed by atoms with E-state index in [-0.39, 0.29) is 61.9 Å². The molecule has 2 aliphatic rings. The maximum atomic E-state index is 14.2. The summed E-state index contributed by atoms with van der Waals surface area (Å²) in [5.74, 6) is 1.62. The lowest BCUT2D eigenvalue weighted by Crippen LogP contribution is -2.38. The third-order valence-electron chi connectivity index (χ3n) is 13.7. The lowest BCUT2D eigenvalue weighted by Gasteiger charge is -2.38. The molecule has 2 fully saturated rings. The van der Waals surface area contributed by atoms with Crippen LogP contribution < -0.4 is 21.3 Å². The van der Waals surface area contributed by atoms with E-state index in [2.05, 4.69) is 59.3 Å². The number of hydrogen-bond acceptors (Lipinski definition) is 19. The molecule has 5 N–H and O–H groups in total. The number of hydrogen-bond donors (Lipinski definition) is 3. The van der Waals surface area contributed by atoms with Crippen LogP contribution in [-0.2, 0) is 53.9 Å². The van der Waals surface area contributed by atoms with Gasteiger partial charge in [0.2, 0.25) is 0 Å². The van der Waals surface area contributed by atoms with Gasteiger partial charge in [0, 0.05) is 12.3 Å². The monoisotopic (exact) mass is 1150 g/mol. The fraction of sp³-hybridized carbons (Fsp3) is 0.375. The second kappa shape index (κ2) is 26.4. The van der Waals surface area contributed by atoms with Crippen molar-refractivity contribution in [2.24, 2.45) is 5.41 Å². The summed E-state index contributed by atoms with van der Waals surface area (Å²) in [6, 6.07) is 35.7. The van der Waals surface area contributed by atoms with E-state index in [1.54, 1.807) is 19.8 Å². The van der Waals surface area contributed by atoms with Gasteiger partial charge in [0.25, 0.3) is 0 Å². The van der Waals surface area contributed by atoms with Crippen molar-refractivity contribution in [2.75, 3.05) is 57.4 Å². The quantitative estimate of drug-likeness (QED) is 0.0305. The van der Waals surface area contributed by atoms with Crippen LogP contribution in [0.2, 0.25) is 0 Å². The van der Waals surface area contributed by atoms with E-state index >= 15 is 0 Å². The normalized spacial score (nSPS) is 19.0. The van der Waals surface area contributed by atoms with E-state index in [9.17, 15) is 13.9 Å². The van der Waals surface area contributed by atoms with E-state index < -0.39 is 26.8 Å². The van der Waals surface area contributed by atoms with Gasteiger partial charge in [0.15, 0.2) is 34.7 Å². The predicted octanol–water partition coefficient (Wildman–Crippen LogP) is 10.1. The number of nitrogen functional groups attached to an aromatic ring is 2. The fourth-order valence-corrected chi connectivity index (χ4v) is 12.0. The van der Waals surface area contributed by atoms with Crippen LogP contribution in [0.5, 0.6) is 5.75 Å². The summed E-state index contributed by atoms with van der Waals surface area (Å²) in [5, 5.41) is 2.91. The van der Waals surface area contributed by atoms with Crippen LogP contribution in [0.1, 0.15) is 79.8 Å². The maximum Gasteiger partial charge on any atom is 0.504 e. The number of nitrogens with zero attached hydrogens (tertiary/aromatic N) is 8. The van der Waals surface area contributed by atoms with Gasteiger partial charge in [0.05, 0.1) is 57.2 Å². The van der Waals surface area contributed by atoms with E-state index in [0.717, 1.165) is 58.2 Å². The van der Waals surface area contributed by atoms with Crippen LogP contribution >= 0.6 is 27.5 Å². The Kier molecular flexibility index (Phi) is 19.2. The average Bonchev–Trinajstić information content (AvgIpc) is 4.35. The molecule has 4 aromatic heterocycles. The van der Waals surface area contributed by atoms with E-state index in [4.69, 9.17) is 44.0 Å². The van der Waals surface area contributed by atoms with Crippen molar-refractivity contribution in [1.82, 2.24) is 44.1 Å². The fourth-order valence-electron chi connectivity index (χ4n) is 9.34. The molecule has 0 amide bonds. The molecule has 10 rings (SSSR count). The summed E-state index contributed by atoms with van der Waals surface area (Å²) < 4.78 is 70.6. The number of benzene rings is 4. The second-order valence-corrected chi connectivity index (χ2v) is 23.9. The molecule has 0 saturated carbocycles. The first-order valence-corrected chi connectivity index (χ1v) is 30.3. The first-order valence-electron chi connectivity index (χ1n) is 26.1. The number of carbonyl (C=O) groups excluding carboxylic acids is 1. The topological polar surface area (TPSA) is 267 Å². The van der Waals surface area contributed by atoms with Crippen LogP contribution in [0.4, 0.5) is 11.6 Å². The van der Waals surface area contributed by atoms with E-state index in [1.807, 2.05) is 115 Å². The molecular weight excluding hydrogens is 1080 g/mol. The van der Waals surface area contributed by atoms with Crippen molar-refractivity contribution in [3.63, 3.8) is 0 Å². The zero-order chi connectivity index (χ0) is 56.3. The summed E-state index contributed by atoms with van der Waals surface area (Å²) in [6.45, 7) is 8.04. The number of ether oxygens (including phenoxy) is 4. The smallest absolute Gasteiger partial charge is 0.497 e. The van der Waals surface area contributed by atoms with Crippen LogP contribution in [0.3, 0.4) is 0 Å². The molecule has 0 aliphatic carbocycles. The van der Waals surface area contributed by atoms with Crippen molar-refractivity contribution in [3.05, 3.63) is 162 Å². The molecule has 420 valence electrons. The SMILES string of the molecule is COc1ccc(C(OCC(C)(C)C(=O)SCCOP(=O)(NCc2ccccc2)OC[C@H]2CC[C@@H](n3cnc4c(N)ncnc43)O2)(c2ccccc2)c2ccc(C)cc2)cc1.C[P+](=O)OC[C@H]1CC[C@@H](n2cnc3c(N)ncnc32)O1. The van der Waals surface area contributed by atoms with Gasteiger partial charge in [-0.25, -0.2) is 39.6 Å². The maximum absolute atomic E-state index is 14.2. The lowest BCUT2D eigenvalue weighted by atomic mass is 9.79. The molecule has 0 spiro atoms. The Morgan fingerprint density at radius 1 is 0.738 bits per heavy atom. The zero-order valence-electron chi connectivity index (χ0n) is 45.2. The van der Waals surface area contributed by atoms with E-state index in [1.165, 1.54) is 19.3 Å². The van der Waals surface area contributed by atoms with Gasteiger partial charge in [-0.3, -0.25) is 23.0 Å². The standard InChI is InChI=1S/C45H51N6O7PS.C11H15N5O3P/c1-32-15-17-35(18-16-32)45(34-13-9-6-10-14-34,36-19-21-37(54-4)22-20-36)55-29-44(2,3)43(52)60-26-25-56-59(53,50-27-33-11-7-5-8-12-33)57-28-38-23-24-39(58-38)51-31-49-40-41(46)47-30-48-42(40)51;1-20(17)18-4-7-2-3-8(19-7)16-6-15-9-10(12)13-5-14-11(9)16/h5-22,30-31,38-39H,23-29H2,1-4H3,(H,50,53)(H2,46,47,48);5-8H,2-4H2,1H3,(H2,12,13,14)/q;+1/t38-,39+,45?,59?;7-,8+/m11/s1. The minimum Gasteiger partial charge on any atom is -0.497 e. The Morgan fingerprint density at radius 2 is 1.27 bits per heavy atom. The molecule has 8 aromatic rings. The molecule has 0 bridgehead atoms. The number of carbonyl (C=O) groups is 1. The molecule has 2 aliphatic heterocycles. The number of methoxy groups -OCH3 is 1.